The summed E-state index contributed by atoms with van der Waals surface area (Å²) in [5.41, 5.74) is 5.27. The molecule has 0 aliphatic heterocycles. The number of thiocarbonyl (C=S) groups is 1. The molecule has 5 heteroatoms. The van der Waals surface area contributed by atoms with Crippen molar-refractivity contribution in [1.29, 1.82) is 0 Å². The molecule has 0 rings (SSSR count). The Morgan fingerprint density at radius 3 is 2.58 bits per heavy atom. The van der Waals surface area contributed by atoms with Crippen LogP contribution in [0.1, 0.15) is 13.3 Å². The van der Waals surface area contributed by atoms with Crippen LogP contribution in [0.3, 0.4) is 0 Å². The van der Waals surface area contributed by atoms with Gasteiger partial charge in [0.1, 0.15) is 6.04 Å². The minimum Gasteiger partial charge on any atom is -0.480 e. The maximum absolute atomic E-state index is 10.5. The highest BCUT2D eigenvalue weighted by Gasteiger charge is 2.15. The number of aliphatic carboxylic acids is 1. The van der Waals surface area contributed by atoms with Crippen molar-refractivity contribution in [3.63, 3.8) is 0 Å². The number of carboxylic acids is 1. The summed E-state index contributed by atoms with van der Waals surface area (Å²) in [5, 5.41) is 8.61. The van der Waals surface area contributed by atoms with Gasteiger partial charge >= 0.3 is 5.97 Å². The molecule has 0 radical (unpaired) electrons. The van der Waals surface area contributed by atoms with Crippen molar-refractivity contribution in [1.82, 2.24) is 4.90 Å². The molecule has 4 nitrogen and oxygen atoms in total. The van der Waals surface area contributed by atoms with E-state index in [1.165, 1.54) is 0 Å². The zero-order chi connectivity index (χ0) is 9.72. The summed E-state index contributed by atoms with van der Waals surface area (Å²) < 4.78 is 0. The third kappa shape index (κ3) is 4.25. The van der Waals surface area contributed by atoms with Gasteiger partial charge < -0.3 is 10.8 Å². The molecule has 70 valence electrons. The molecule has 3 N–H and O–H groups in total. The molecule has 0 fully saturated rings. The predicted octanol–water partition coefficient (Wildman–Crippen LogP) is 0.0675. The fourth-order valence-electron chi connectivity index (χ4n) is 0.669. The van der Waals surface area contributed by atoms with Crippen LogP contribution in [0.4, 0.5) is 0 Å². The Hall–Kier alpha value is -0.680. The Bertz CT molecular complexity index is 184. The highest BCUT2D eigenvalue weighted by atomic mass is 32.1. The van der Waals surface area contributed by atoms with Crippen LogP contribution in [-0.4, -0.2) is 40.6 Å². The summed E-state index contributed by atoms with van der Waals surface area (Å²) >= 11 is 4.67. The Morgan fingerprint density at radius 2 is 2.25 bits per heavy atom. The summed E-state index contributed by atoms with van der Waals surface area (Å²) in [7, 11) is 1.73. The van der Waals surface area contributed by atoms with Crippen LogP contribution in [0.25, 0.3) is 0 Å². The number of nitrogens with zero attached hydrogens (tertiary/aromatic N) is 1. The van der Waals surface area contributed by atoms with Gasteiger partial charge in [0.25, 0.3) is 0 Å². The Labute approximate surface area is 77.3 Å². The van der Waals surface area contributed by atoms with Crippen molar-refractivity contribution in [2.75, 3.05) is 13.6 Å². The van der Waals surface area contributed by atoms with Gasteiger partial charge in [-0.15, -0.1) is 0 Å². The zero-order valence-corrected chi connectivity index (χ0v) is 8.10. The van der Waals surface area contributed by atoms with Crippen molar-refractivity contribution >= 4 is 23.2 Å². The molecule has 0 amide bonds. The number of likely N-dealkylation sites (N-methyl/N-ethyl adjacent to an activating group) is 1. The van der Waals surface area contributed by atoms with Gasteiger partial charge in [0.05, 0.1) is 4.99 Å². The molecular weight excluding hydrogens is 176 g/mol. The van der Waals surface area contributed by atoms with E-state index in [9.17, 15) is 4.79 Å². The lowest BCUT2D eigenvalue weighted by molar-refractivity contribution is -0.142. The molecule has 0 aromatic carbocycles. The summed E-state index contributed by atoms with van der Waals surface area (Å²) in [4.78, 5) is 12.6. The lowest BCUT2D eigenvalue weighted by Crippen LogP contribution is -2.37. The Morgan fingerprint density at radius 1 is 1.75 bits per heavy atom. The van der Waals surface area contributed by atoms with E-state index in [2.05, 4.69) is 12.2 Å². The smallest absolute Gasteiger partial charge is 0.320 e. The number of hydrogen-bond acceptors (Lipinski definition) is 3. The second-order valence-electron chi connectivity index (χ2n) is 2.71. The molecule has 0 spiro atoms. The minimum absolute atomic E-state index is 0.416. The van der Waals surface area contributed by atoms with Crippen LogP contribution >= 0.6 is 12.2 Å². The summed E-state index contributed by atoms with van der Waals surface area (Å²) in [6.45, 7) is 2.21. The van der Waals surface area contributed by atoms with Crippen molar-refractivity contribution < 1.29 is 9.90 Å². The molecule has 0 bridgehead atoms. The van der Waals surface area contributed by atoms with E-state index in [-0.39, 0.29) is 0 Å². The molecule has 1 atom stereocenters. The topological polar surface area (TPSA) is 66.6 Å². The summed E-state index contributed by atoms with van der Waals surface area (Å²) in [6, 6.07) is -0.487. The van der Waals surface area contributed by atoms with Crippen molar-refractivity contribution in [3.8, 4) is 0 Å². The van der Waals surface area contributed by atoms with Crippen molar-refractivity contribution in [2.45, 2.75) is 19.4 Å². The van der Waals surface area contributed by atoms with E-state index in [1.807, 2.05) is 0 Å². The van der Waals surface area contributed by atoms with Gasteiger partial charge in [-0.25, -0.2) is 0 Å². The molecule has 0 aliphatic rings. The van der Waals surface area contributed by atoms with Gasteiger partial charge in [0, 0.05) is 13.0 Å². The molecule has 12 heavy (non-hydrogen) atoms. The van der Waals surface area contributed by atoms with Gasteiger partial charge in [0.2, 0.25) is 0 Å². The second kappa shape index (κ2) is 5.05. The molecule has 0 saturated heterocycles. The molecule has 0 aromatic heterocycles. The SMILES string of the molecule is CC(C(=O)O)N(C)CCC(N)=S. The fraction of sp³-hybridized carbons (Fsp3) is 0.714. The Balaban J connectivity index is 3.79. The highest BCUT2D eigenvalue weighted by molar-refractivity contribution is 7.80. The van der Waals surface area contributed by atoms with E-state index >= 15 is 0 Å². The first-order valence-corrected chi connectivity index (χ1v) is 4.07. The maximum Gasteiger partial charge on any atom is 0.320 e. The van der Waals surface area contributed by atoms with Crippen LogP contribution in [-0.2, 0) is 4.79 Å². The van der Waals surface area contributed by atoms with Gasteiger partial charge in [-0.3, -0.25) is 9.69 Å². The normalized spacial score (nSPS) is 12.9. The van der Waals surface area contributed by atoms with E-state index in [0.717, 1.165) is 0 Å². The Kier molecular flexibility index (Phi) is 4.77. The third-order valence-corrected chi connectivity index (χ3v) is 1.93. The van der Waals surface area contributed by atoms with Gasteiger partial charge in [-0.05, 0) is 14.0 Å². The first-order chi connectivity index (χ1) is 5.45. The summed E-state index contributed by atoms with van der Waals surface area (Å²) in [6.07, 6.45) is 0.559. The van der Waals surface area contributed by atoms with Crippen LogP contribution < -0.4 is 5.73 Å². The standard InChI is InChI=1S/C7H14N2O2S/c1-5(7(10)11)9(2)4-3-6(8)12/h5H,3-4H2,1-2H3,(H2,8,12)(H,10,11). The maximum atomic E-state index is 10.5. The number of carbonyl (C=O) groups is 1. The van der Waals surface area contributed by atoms with Crippen molar-refractivity contribution in [3.05, 3.63) is 0 Å². The van der Waals surface area contributed by atoms with E-state index in [1.54, 1.807) is 18.9 Å². The highest BCUT2D eigenvalue weighted by Crippen LogP contribution is 1.96. The molecular formula is C7H14N2O2S. The van der Waals surface area contributed by atoms with Crippen LogP contribution in [0, 0.1) is 0 Å². The van der Waals surface area contributed by atoms with Crippen LogP contribution in [0.5, 0.6) is 0 Å². The van der Waals surface area contributed by atoms with E-state index in [0.29, 0.717) is 18.0 Å². The van der Waals surface area contributed by atoms with Crippen LogP contribution in [0.2, 0.25) is 0 Å². The molecule has 1 unspecified atom stereocenters. The van der Waals surface area contributed by atoms with Gasteiger partial charge in [-0.2, -0.15) is 0 Å². The first-order valence-electron chi connectivity index (χ1n) is 3.66. The average molecular weight is 190 g/mol. The second-order valence-corrected chi connectivity index (χ2v) is 3.24. The molecule has 0 aromatic rings. The number of nitrogens with two attached hydrogens (primary N) is 1. The molecule has 0 saturated carbocycles. The first kappa shape index (κ1) is 11.3. The average Bonchev–Trinajstić information content (AvgIpc) is 1.98. The lowest BCUT2D eigenvalue weighted by Gasteiger charge is -2.20. The van der Waals surface area contributed by atoms with E-state index in [4.69, 9.17) is 10.8 Å². The predicted molar refractivity (Wildman–Crippen MR) is 51.1 cm³/mol. The number of carboxylic acid groups (broad SMARTS) is 1. The number of rotatable bonds is 5. The minimum atomic E-state index is -0.833. The van der Waals surface area contributed by atoms with Gasteiger partial charge in [-0.1, -0.05) is 12.2 Å². The van der Waals surface area contributed by atoms with Gasteiger partial charge in [0.15, 0.2) is 0 Å². The lowest BCUT2D eigenvalue weighted by atomic mass is 10.3. The number of hydrogen-bond donors (Lipinski definition) is 2. The molecule has 0 heterocycles. The molecule has 0 aliphatic carbocycles. The quantitative estimate of drug-likeness (QED) is 0.600. The third-order valence-electron chi connectivity index (χ3n) is 1.73. The van der Waals surface area contributed by atoms with Crippen molar-refractivity contribution in [2.24, 2.45) is 5.73 Å². The fourth-order valence-corrected chi connectivity index (χ4v) is 0.760. The monoisotopic (exact) mass is 190 g/mol. The largest absolute Gasteiger partial charge is 0.480 e. The zero-order valence-electron chi connectivity index (χ0n) is 7.28. The summed E-state index contributed by atoms with van der Waals surface area (Å²) in [5.74, 6) is -0.833. The van der Waals surface area contributed by atoms with Crippen LogP contribution in [0.15, 0.2) is 0 Å². The van der Waals surface area contributed by atoms with E-state index < -0.39 is 12.0 Å².